The molecule has 0 spiro atoms. The van der Waals surface area contributed by atoms with Gasteiger partial charge in [0.25, 0.3) is 0 Å². The summed E-state index contributed by atoms with van der Waals surface area (Å²) in [5.74, 6) is 3.13. The van der Waals surface area contributed by atoms with Gasteiger partial charge in [-0.3, -0.25) is 0 Å². The van der Waals surface area contributed by atoms with Crippen molar-refractivity contribution in [2.75, 3.05) is 0 Å². The Morgan fingerprint density at radius 1 is 0.885 bits per heavy atom. The van der Waals surface area contributed by atoms with Crippen molar-refractivity contribution in [3.05, 3.63) is 54.3 Å². The van der Waals surface area contributed by atoms with Gasteiger partial charge in [0.15, 0.2) is 0 Å². The standard InChI is InChI=1S/C26H44/c1-8-11-17-22(4)18-15-14-16-20-23(5)25(7)26(21-13-10-3)24(6)19-12-9-2/h8-9,11,13,16,19-26H,10,14-15,17-18H2,1-7H3. The molecule has 0 fully saturated rings. The molecule has 5 atom stereocenters. The van der Waals surface area contributed by atoms with Crippen molar-refractivity contribution in [1.29, 1.82) is 0 Å². The maximum atomic E-state index is 3.28. The lowest BCUT2D eigenvalue weighted by molar-refractivity contribution is 0.300. The van der Waals surface area contributed by atoms with Gasteiger partial charge in [-0.15, -0.1) is 5.73 Å². The molecule has 0 radical (unpaired) electrons. The maximum absolute atomic E-state index is 3.28. The smallest absolute Gasteiger partial charge is 0.0120 e. The van der Waals surface area contributed by atoms with Gasteiger partial charge in [-0.2, -0.15) is 0 Å². The van der Waals surface area contributed by atoms with E-state index in [2.05, 4.69) is 89.8 Å². The first kappa shape index (κ1) is 24.7. The summed E-state index contributed by atoms with van der Waals surface area (Å²) in [6.07, 6.45) is 24.5. The topological polar surface area (TPSA) is 0 Å². The van der Waals surface area contributed by atoms with Crippen LogP contribution in [0.25, 0.3) is 0 Å². The van der Waals surface area contributed by atoms with Gasteiger partial charge in [-0.05, 0) is 81.3 Å². The molecule has 26 heavy (non-hydrogen) atoms. The average molecular weight is 357 g/mol. The normalized spacial score (nSPS) is 18.0. The Bertz CT molecular complexity index is 470. The fourth-order valence-corrected chi connectivity index (χ4v) is 3.39. The summed E-state index contributed by atoms with van der Waals surface area (Å²) in [4.78, 5) is 0. The second-order valence-electron chi connectivity index (χ2n) is 7.88. The Balaban J connectivity index is 4.59. The number of unbranched alkanes of at least 4 members (excludes halogenated alkanes) is 1. The van der Waals surface area contributed by atoms with Crippen molar-refractivity contribution in [3.63, 3.8) is 0 Å². The monoisotopic (exact) mass is 356 g/mol. The molecule has 0 aliphatic heterocycles. The molecule has 0 saturated carbocycles. The molecule has 0 saturated heterocycles. The fraction of sp³-hybridized carbons (Fsp3) is 0.654. The van der Waals surface area contributed by atoms with E-state index >= 15 is 0 Å². The van der Waals surface area contributed by atoms with E-state index in [4.69, 9.17) is 0 Å². The third kappa shape index (κ3) is 11.4. The Morgan fingerprint density at radius 3 is 2.23 bits per heavy atom. The summed E-state index contributed by atoms with van der Waals surface area (Å²) >= 11 is 0. The van der Waals surface area contributed by atoms with Crippen molar-refractivity contribution < 1.29 is 0 Å². The van der Waals surface area contributed by atoms with Crippen molar-refractivity contribution >= 4 is 0 Å². The molecule has 0 nitrogen and oxygen atoms in total. The first-order valence-electron chi connectivity index (χ1n) is 10.8. The van der Waals surface area contributed by atoms with Crippen LogP contribution in [0.5, 0.6) is 0 Å². The quantitative estimate of drug-likeness (QED) is 0.176. The third-order valence-electron chi connectivity index (χ3n) is 5.44. The maximum Gasteiger partial charge on any atom is -0.0120 e. The highest BCUT2D eigenvalue weighted by Gasteiger charge is 2.23. The molecule has 0 aliphatic rings. The van der Waals surface area contributed by atoms with Crippen LogP contribution in [0.15, 0.2) is 54.3 Å². The van der Waals surface area contributed by atoms with Crippen LogP contribution in [-0.2, 0) is 0 Å². The summed E-state index contributed by atoms with van der Waals surface area (Å²) in [6.45, 7) is 15.8. The van der Waals surface area contributed by atoms with Crippen LogP contribution in [0, 0.1) is 29.6 Å². The fourth-order valence-electron chi connectivity index (χ4n) is 3.39. The Kier molecular flexibility index (Phi) is 15.2. The van der Waals surface area contributed by atoms with Crippen LogP contribution in [-0.4, -0.2) is 0 Å². The van der Waals surface area contributed by atoms with Gasteiger partial charge in [0.1, 0.15) is 0 Å². The molecule has 148 valence electrons. The summed E-state index contributed by atoms with van der Waals surface area (Å²) in [7, 11) is 0. The Labute approximate surface area is 164 Å². The lowest BCUT2D eigenvalue weighted by atomic mass is 9.76. The molecule has 0 N–H and O–H groups in total. The van der Waals surface area contributed by atoms with Crippen molar-refractivity contribution in [3.8, 4) is 0 Å². The number of rotatable bonds is 13. The van der Waals surface area contributed by atoms with Gasteiger partial charge in [0.05, 0.1) is 0 Å². The van der Waals surface area contributed by atoms with Crippen molar-refractivity contribution in [2.45, 2.75) is 80.6 Å². The molecule has 0 aromatic carbocycles. The SMILES string of the molecule is CC=C=CC(C)C(C=CCC)C(C)C(C)C=CCCCC(C)CC=CC. The third-order valence-corrected chi connectivity index (χ3v) is 5.44. The van der Waals surface area contributed by atoms with Crippen LogP contribution in [0.4, 0.5) is 0 Å². The largest absolute Gasteiger partial charge is 0.130 e. The molecule has 0 aromatic rings. The summed E-state index contributed by atoms with van der Waals surface area (Å²) in [5, 5.41) is 0. The first-order valence-corrected chi connectivity index (χ1v) is 10.8. The molecule has 0 heterocycles. The zero-order chi connectivity index (χ0) is 19.8. The van der Waals surface area contributed by atoms with E-state index in [0.717, 1.165) is 12.3 Å². The lowest BCUT2D eigenvalue weighted by Crippen LogP contribution is -2.21. The second-order valence-corrected chi connectivity index (χ2v) is 7.88. The van der Waals surface area contributed by atoms with Gasteiger partial charge in [0, 0.05) is 0 Å². The molecule has 0 aromatic heterocycles. The highest BCUT2D eigenvalue weighted by molar-refractivity contribution is 5.02. The minimum absolute atomic E-state index is 0.521. The van der Waals surface area contributed by atoms with E-state index in [1.807, 2.05) is 13.0 Å². The summed E-state index contributed by atoms with van der Waals surface area (Å²) in [6, 6.07) is 0. The molecule has 0 amide bonds. The van der Waals surface area contributed by atoms with Gasteiger partial charge < -0.3 is 0 Å². The molecular formula is C26H44. The first-order chi connectivity index (χ1) is 12.5. The van der Waals surface area contributed by atoms with Gasteiger partial charge in [-0.25, -0.2) is 0 Å². The van der Waals surface area contributed by atoms with Crippen LogP contribution < -0.4 is 0 Å². The van der Waals surface area contributed by atoms with Crippen LogP contribution in [0.3, 0.4) is 0 Å². The van der Waals surface area contributed by atoms with Gasteiger partial charge >= 0.3 is 0 Å². The highest BCUT2D eigenvalue weighted by atomic mass is 14.3. The predicted octanol–water partition coefficient (Wildman–Crippen LogP) is 8.54. The van der Waals surface area contributed by atoms with E-state index in [0.29, 0.717) is 23.7 Å². The van der Waals surface area contributed by atoms with Crippen LogP contribution in [0.2, 0.25) is 0 Å². The van der Waals surface area contributed by atoms with Gasteiger partial charge in [0.2, 0.25) is 0 Å². The minimum Gasteiger partial charge on any atom is -0.130 e. The molecular weight excluding hydrogens is 312 g/mol. The van der Waals surface area contributed by atoms with E-state index in [-0.39, 0.29) is 0 Å². The molecule has 5 unspecified atom stereocenters. The zero-order valence-electron chi connectivity index (χ0n) is 18.5. The minimum atomic E-state index is 0.521. The number of hydrogen-bond acceptors (Lipinski definition) is 0. The van der Waals surface area contributed by atoms with E-state index < -0.39 is 0 Å². The summed E-state index contributed by atoms with van der Waals surface area (Å²) in [5.41, 5.74) is 3.28. The lowest BCUT2D eigenvalue weighted by Gasteiger charge is -2.28. The molecule has 0 heteroatoms. The average Bonchev–Trinajstić information content (AvgIpc) is 2.64. The van der Waals surface area contributed by atoms with Gasteiger partial charge in [-0.1, -0.05) is 77.5 Å². The van der Waals surface area contributed by atoms with Crippen molar-refractivity contribution in [1.82, 2.24) is 0 Å². The Morgan fingerprint density at radius 2 is 1.62 bits per heavy atom. The Hall–Kier alpha value is -1.26. The predicted molar refractivity (Wildman–Crippen MR) is 120 cm³/mol. The second kappa shape index (κ2) is 16.0. The number of hydrogen-bond donors (Lipinski definition) is 0. The molecule has 0 rings (SSSR count). The van der Waals surface area contributed by atoms with E-state index in [1.165, 1.54) is 25.7 Å². The zero-order valence-corrected chi connectivity index (χ0v) is 18.5. The highest BCUT2D eigenvalue weighted by Crippen LogP contribution is 2.30. The molecule has 0 bridgehead atoms. The van der Waals surface area contributed by atoms with Crippen LogP contribution in [0.1, 0.15) is 80.6 Å². The number of allylic oxidation sites excluding steroid dienone is 7. The van der Waals surface area contributed by atoms with E-state index in [1.54, 1.807) is 0 Å². The van der Waals surface area contributed by atoms with Crippen molar-refractivity contribution in [2.24, 2.45) is 29.6 Å². The molecule has 0 aliphatic carbocycles. The summed E-state index contributed by atoms with van der Waals surface area (Å²) < 4.78 is 0. The van der Waals surface area contributed by atoms with E-state index in [9.17, 15) is 0 Å². The van der Waals surface area contributed by atoms with Crippen LogP contribution >= 0.6 is 0 Å².